The first-order valence-electron chi connectivity index (χ1n) is 15.6. The molecule has 0 saturated heterocycles. The van der Waals surface area contributed by atoms with Crippen molar-refractivity contribution in [2.45, 2.75) is 59.6 Å². The topological polar surface area (TPSA) is 88.1 Å². The Morgan fingerprint density at radius 3 is 2.34 bits per heavy atom. The van der Waals surface area contributed by atoms with E-state index in [4.69, 9.17) is 14.3 Å². The van der Waals surface area contributed by atoms with Crippen molar-refractivity contribution in [2.75, 3.05) is 17.3 Å². The molecule has 2 N–H and O–H groups in total. The first-order valence-corrected chi connectivity index (χ1v) is 15.6. The molecule has 47 heavy (non-hydrogen) atoms. The number of hydrogen-bond donors (Lipinski definition) is 2. The van der Waals surface area contributed by atoms with Crippen LogP contribution in [-0.2, 0) is 22.6 Å². The summed E-state index contributed by atoms with van der Waals surface area (Å²) in [5.74, 6) is 0.317. The molecule has 1 aliphatic rings. The summed E-state index contributed by atoms with van der Waals surface area (Å²) in [5.41, 5.74) is 4.51. The lowest BCUT2D eigenvalue weighted by molar-refractivity contribution is -0.118. The maximum absolute atomic E-state index is 16.3. The molecular formula is C39H43FN2O5. The molecule has 0 bridgehead atoms. The van der Waals surface area contributed by atoms with Crippen LogP contribution in [0.25, 0.3) is 0 Å². The number of amides is 1. The summed E-state index contributed by atoms with van der Waals surface area (Å²) in [6, 6.07) is 26.2. The Kier molecular flexibility index (Phi) is 11.4. The third-order valence-electron chi connectivity index (χ3n) is 8.59. The highest BCUT2D eigenvalue weighted by Crippen LogP contribution is 2.48. The van der Waals surface area contributed by atoms with Crippen LogP contribution in [0.1, 0.15) is 63.3 Å². The van der Waals surface area contributed by atoms with E-state index < -0.39 is 11.9 Å². The molecule has 0 aliphatic carbocycles. The van der Waals surface area contributed by atoms with E-state index in [9.17, 15) is 9.90 Å². The van der Waals surface area contributed by atoms with Crippen LogP contribution in [-0.4, -0.2) is 24.9 Å². The van der Waals surface area contributed by atoms with Crippen LogP contribution in [0.5, 0.6) is 17.2 Å². The minimum atomic E-state index is -0.788. The Labute approximate surface area is 276 Å². The predicted octanol–water partition coefficient (Wildman–Crippen LogP) is 8.78. The first-order chi connectivity index (χ1) is 22.6. The number of phenols is 1. The third kappa shape index (κ3) is 8.19. The van der Waals surface area contributed by atoms with Gasteiger partial charge >= 0.3 is 0 Å². The number of rotatable bonds is 10. The molecule has 1 unspecified atom stereocenters. The van der Waals surface area contributed by atoms with Crippen molar-refractivity contribution >= 4 is 24.1 Å². The minimum Gasteiger partial charge on any atom is -0.506 e. The van der Waals surface area contributed by atoms with Crippen molar-refractivity contribution in [3.63, 3.8) is 0 Å². The van der Waals surface area contributed by atoms with Crippen LogP contribution < -0.4 is 19.7 Å². The highest BCUT2D eigenvalue weighted by atomic mass is 19.1. The van der Waals surface area contributed by atoms with Gasteiger partial charge < -0.3 is 24.7 Å². The number of carbonyl (C=O) groups excluding carboxylic acids is 2. The number of methoxy groups -OCH3 is 1. The van der Waals surface area contributed by atoms with E-state index in [2.05, 4.69) is 26.1 Å². The third-order valence-corrected chi connectivity index (χ3v) is 8.59. The number of carbonyl (C=O) groups is 2. The van der Waals surface area contributed by atoms with Gasteiger partial charge in [0.25, 0.3) is 0 Å². The lowest BCUT2D eigenvalue weighted by Gasteiger charge is -2.33. The molecule has 0 aromatic heterocycles. The molecule has 8 heteroatoms. The maximum Gasteiger partial charge on any atom is 0.232 e. The van der Waals surface area contributed by atoms with Gasteiger partial charge in [-0.15, -0.1) is 0 Å². The van der Waals surface area contributed by atoms with Gasteiger partial charge in [-0.3, -0.25) is 9.69 Å². The zero-order valence-electron chi connectivity index (χ0n) is 27.7. The molecule has 0 fully saturated rings. The number of hydrogen-bond acceptors (Lipinski definition) is 6. The van der Waals surface area contributed by atoms with E-state index in [-0.39, 0.29) is 23.5 Å². The van der Waals surface area contributed by atoms with Gasteiger partial charge in [-0.1, -0.05) is 75.7 Å². The molecule has 5 rings (SSSR count). The summed E-state index contributed by atoms with van der Waals surface area (Å²) >= 11 is 0. The summed E-state index contributed by atoms with van der Waals surface area (Å²) in [7, 11) is 1.58. The molecule has 0 spiro atoms. The van der Waals surface area contributed by atoms with E-state index in [1.54, 1.807) is 42.3 Å². The number of nitrogens with one attached hydrogen (secondary N) is 1. The van der Waals surface area contributed by atoms with E-state index >= 15 is 4.39 Å². The minimum absolute atomic E-state index is 0.0112. The standard InChI is InChI=1S/C38H41FN2O4.CH2O/c1-6-38(3,4)23-32-25(2)37(30-19-18-29(22-31(30)39)45-24-26-12-8-7-9-13-26)41(33-16-11-17-34(42)36(33)40-32)35(43)21-27-14-10-15-28(20-27)44-5;1-2/h7-20,22,37,40,42H,6,21,23-24H2,1-5H3;1H2. The van der Waals surface area contributed by atoms with Crippen molar-refractivity contribution in [3.8, 4) is 17.2 Å². The predicted molar refractivity (Wildman–Crippen MR) is 184 cm³/mol. The van der Waals surface area contributed by atoms with E-state index in [1.807, 2.05) is 68.3 Å². The second-order valence-electron chi connectivity index (χ2n) is 12.3. The van der Waals surface area contributed by atoms with Gasteiger partial charge in [0.05, 0.1) is 25.3 Å². The molecule has 246 valence electrons. The summed E-state index contributed by atoms with van der Waals surface area (Å²) in [5, 5.41) is 14.5. The number of benzene rings is 4. The highest BCUT2D eigenvalue weighted by molar-refractivity contribution is 6.01. The number of halogens is 1. The van der Waals surface area contributed by atoms with Gasteiger partial charge in [0.1, 0.15) is 42.1 Å². The largest absolute Gasteiger partial charge is 0.506 e. The number of phenolic OH excluding ortho intramolecular Hbond substituents is 1. The Balaban J connectivity index is 0.00000245. The fourth-order valence-electron chi connectivity index (χ4n) is 5.64. The number of aromatic hydroxyl groups is 1. The Hall–Kier alpha value is -5.11. The molecule has 4 aromatic rings. The Bertz CT molecular complexity index is 1720. The maximum atomic E-state index is 16.3. The smallest absolute Gasteiger partial charge is 0.232 e. The van der Waals surface area contributed by atoms with Crippen molar-refractivity contribution in [2.24, 2.45) is 5.41 Å². The summed E-state index contributed by atoms with van der Waals surface area (Å²) < 4.78 is 27.6. The van der Waals surface area contributed by atoms with Gasteiger partial charge in [-0.25, -0.2) is 4.39 Å². The van der Waals surface area contributed by atoms with Crippen molar-refractivity contribution in [1.82, 2.24) is 0 Å². The molecular weight excluding hydrogens is 595 g/mol. The van der Waals surface area contributed by atoms with Gasteiger partial charge in [0.2, 0.25) is 5.91 Å². The average molecular weight is 639 g/mol. The van der Waals surface area contributed by atoms with E-state index in [0.717, 1.165) is 28.8 Å². The molecule has 1 atom stereocenters. The van der Waals surface area contributed by atoms with Crippen LogP contribution in [0.3, 0.4) is 0 Å². The first kappa shape index (κ1) is 34.8. The van der Waals surface area contributed by atoms with Crippen LogP contribution in [0.15, 0.2) is 102 Å². The molecule has 1 heterocycles. The number of fused-ring (bicyclic) bond motifs is 1. The van der Waals surface area contributed by atoms with Crippen molar-refractivity contribution in [1.29, 1.82) is 0 Å². The van der Waals surface area contributed by atoms with Crippen molar-refractivity contribution in [3.05, 3.63) is 125 Å². The average Bonchev–Trinajstić information content (AvgIpc) is 3.20. The summed E-state index contributed by atoms with van der Waals surface area (Å²) in [6.07, 6.45) is 1.59. The molecule has 1 amide bonds. The molecule has 1 aliphatic heterocycles. The number of ether oxygens (including phenoxy) is 2. The monoisotopic (exact) mass is 638 g/mol. The lowest BCUT2D eigenvalue weighted by atomic mass is 9.83. The SMILES string of the molecule is C=O.CCC(C)(C)CC1=C(C)C(c2ccc(OCc3ccccc3)cc2F)N(C(=O)Cc2cccc(OC)c2)c2cccc(O)c2N1. The van der Waals surface area contributed by atoms with Gasteiger partial charge in [-0.2, -0.15) is 0 Å². The number of nitrogens with zero attached hydrogens (tertiary/aromatic N) is 1. The zero-order chi connectivity index (χ0) is 34.1. The van der Waals surface area contributed by atoms with Crippen LogP contribution in [0.2, 0.25) is 0 Å². The molecule has 0 saturated carbocycles. The number of anilines is 2. The summed E-state index contributed by atoms with van der Waals surface area (Å²) in [4.78, 5) is 24.0. The Morgan fingerprint density at radius 2 is 1.66 bits per heavy atom. The van der Waals surface area contributed by atoms with Gasteiger partial charge in [0.15, 0.2) is 0 Å². The van der Waals surface area contributed by atoms with Crippen molar-refractivity contribution < 1.29 is 28.6 Å². The van der Waals surface area contributed by atoms with E-state index in [0.29, 0.717) is 41.5 Å². The fraction of sp³-hybridized carbons (Fsp3) is 0.282. The van der Waals surface area contributed by atoms with Crippen LogP contribution >= 0.6 is 0 Å². The lowest BCUT2D eigenvalue weighted by Crippen LogP contribution is -2.37. The van der Waals surface area contributed by atoms with Crippen LogP contribution in [0.4, 0.5) is 15.8 Å². The fourth-order valence-corrected chi connectivity index (χ4v) is 5.64. The highest BCUT2D eigenvalue weighted by Gasteiger charge is 2.37. The zero-order valence-corrected chi connectivity index (χ0v) is 27.7. The van der Waals surface area contributed by atoms with Gasteiger partial charge in [-0.05, 0) is 71.9 Å². The summed E-state index contributed by atoms with van der Waals surface area (Å²) in [6.45, 7) is 10.7. The molecule has 7 nitrogen and oxygen atoms in total. The normalized spacial score (nSPS) is 14.3. The molecule has 4 aromatic carbocycles. The number of para-hydroxylation sites is 1. The van der Waals surface area contributed by atoms with Crippen LogP contribution in [0, 0.1) is 11.2 Å². The number of allylic oxidation sites excluding steroid dienone is 1. The van der Waals surface area contributed by atoms with E-state index in [1.165, 1.54) is 6.07 Å². The quantitative estimate of drug-likeness (QED) is 0.169. The molecule has 0 radical (unpaired) electrons. The second kappa shape index (κ2) is 15.5. The second-order valence-corrected chi connectivity index (χ2v) is 12.3. The Morgan fingerprint density at radius 1 is 0.957 bits per heavy atom. The van der Waals surface area contributed by atoms with Gasteiger partial charge in [0, 0.05) is 17.3 Å².